The van der Waals surface area contributed by atoms with Crippen LogP contribution in [0.5, 0.6) is 0 Å². The van der Waals surface area contributed by atoms with Gasteiger partial charge in [-0.05, 0) is 12.1 Å². The summed E-state index contributed by atoms with van der Waals surface area (Å²) in [5.41, 5.74) is 3.37. The minimum atomic E-state index is -0.155. The SMILES string of the molecule is O=CC1c2ccccc2-c2cccc[n+]21. The number of fused-ring (bicyclic) bond motifs is 3. The fourth-order valence-electron chi connectivity index (χ4n) is 2.20. The molecule has 1 aliphatic rings. The highest BCUT2D eigenvalue weighted by Crippen LogP contribution is 2.31. The molecule has 0 aliphatic carbocycles. The van der Waals surface area contributed by atoms with Crippen molar-refractivity contribution in [3.05, 3.63) is 54.2 Å². The Morgan fingerprint density at radius 3 is 2.73 bits per heavy atom. The molecule has 0 spiro atoms. The first-order chi connectivity index (χ1) is 7.42. The quantitative estimate of drug-likeness (QED) is 0.502. The predicted molar refractivity (Wildman–Crippen MR) is 56.3 cm³/mol. The molecule has 2 nitrogen and oxygen atoms in total. The standard InChI is InChI=1S/C13H10NO/c15-9-13-11-6-2-1-5-10(11)12-7-3-4-8-14(12)13/h1-9,13H/q+1. The zero-order valence-electron chi connectivity index (χ0n) is 8.13. The zero-order chi connectivity index (χ0) is 10.3. The second-order valence-electron chi connectivity index (χ2n) is 3.66. The predicted octanol–water partition coefficient (Wildman–Crippen LogP) is 1.74. The lowest BCUT2D eigenvalue weighted by molar-refractivity contribution is -0.682. The van der Waals surface area contributed by atoms with Crippen molar-refractivity contribution >= 4 is 6.29 Å². The highest BCUT2D eigenvalue weighted by molar-refractivity contribution is 5.73. The summed E-state index contributed by atoms with van der Waals surface area (Å²) < 4.78 is 2.01. The number of pyridine rings is 1. The maximum atomic E-state index is 11.1. The minimum absolute atomic E-state index is 0.155. The lowest BCUT2D eigenvalue weighted by Crippen LogP contribution is -2.38. The molecule has 1 atom stereocenters. The summed E-state index contributed by atoms with van der Waals surface area (Å²) >= 11 is 0. The van der Waals surface area contributed by atoms with Crippen molar-refractivity contribution < 1.29 is 9.36 Å². The number of carbonyl (C=O) groups is 1. The fraction of sp³-hybridized carbons (Fsp3) is 0.0769. The topological polar surface area (TPSA) is 20.9 Å². The largest absolute Gasteiger partial charge is 0.296 e. The van der Waals surface area contributed by atoms with Crippen LogP contribution in [0.3, 0.4) is 0 Å². The number of rotatable bonds is 1. The average molecular weight is 196 g/mol. The molecule has 15 heavy (non-hydrogen) atoms. The molecule has 0 fully saturated rings. The second kappa shape index (κ2) is 3.02. The van der Waals surface area contributed by atoms with Crippen LogP contribution in [-0.4, -0.2) is 6.29 Å². The van der Waals surface area contributed by atoms with Crippen LogP contribution < -0.4 is 4.57 Å². The molecule has 3 rings (SSSR count). The van der Waals surface area contributed by atoms with Crippen LogP contribution in [0.2, 0.25) is 0 Å². The Morgan fingerprint density at radius 1 is 1.07 bits per heavy atom. The lowest BCUT2D eigenvalue weighted by atomic mass is 10.0. The van der Waals surface area contributed by atoms with E-state index in [-0.39, 0.29) is 6.04 Å². The summed E-state index contributed by atoms with van der Waals surface area (Å²) in [5, 5.41) is 0. The molecule has 1 aromatic carbocycles. The summed E-state index contributed by atoms with van der Waals surface area (Å²) in [6.07, 6.45) is 2.95. The first-order valence-electron chi connectivity index (χ1n) is 4.96. The summed E-state index contributed by atoms with van der Waals surface area (Å²) in [5.74, 6) is 0. The van der Waals surface area contributed by atoms with E-state index in [0.29, 0.717) is 0 Å². The minimum Gasteiger partial charge on any atom is -0.296 e. The van der Waals surface area contributed by atoms with Crippen molar-refractivity contribution in [3.8, 4) is 11.3 Å². The van der Waals surface area contributed by atoms with E-state index in [9.17, 15) is 4.79 Å². The van der Waals surface area contributed by atoms with Crippen LogP contribution in [0, 0.1) is 0 Å². The Labute approximate surface area is 87.8 Å². The Balaban J connectivity index is 2.35. The normalized spacial score (nSPS) is 16.9. The molecule has 0 amide bonds. The van der Waals surface area contributed by atoms with Gasteiger partial charge in [-0.2, -0.15) is 4.57 Å². The highest BCUT2D eigenvalue weighted by Gasteiger charge is 2.34. The number of carbonyl (C=O) groups excluding carboxylic acids is 1. The smallest absolute Gasteiger partial charge is 0.239 e. The molecule has 2 heteroatoms. The van der Waals surface area contributed by atoms with Gasteiger partial charge in [-0.3, -0.25) is 4.79 Å². The van der Waals surface area contributed by atoms with E-state index in [4.69, 9.17) is 0 Å². The van der Waals surface area contributed by atoms with Gasteiger partial charge in [-0.25, -0.2) is 0 Å². The molecule has 2 heterocycles. The molecule has 0 saturated heterocycles. The summed E-state index contributed by atoms with van der Waals surface area (Å²) in [6, 6.07) is 13.9. The number of aromatic nitrogens is 1. The Hall–Kier alpha value is -1.96. The zero-order valence-corrected chi connectivity index (χ0v) is 8.13. The Kier molecular flexibility index (Phi) is 1.68. The summed E-state index contributed by atoms with van der Waals surface area (Å²) in [7, 11) is 0. The third-order valence-corrected chi connectivity index (χ3v) is 2.87. The van der Waals surface area contributed by atoms with Gasteiger partial charge < -0.3 is 0 Å². The van der Waals surface area contributed by atoms with Crippen molar-refractivity contribution in [2.24, 2.45) is 0 Å². The first kappa shape index (κ1) is 8.36. The van der Waals surface area contributed by atoms with E-state index in [0.717, 1.165) is 23.1 Å². The monoisotopic (exact) mass is 196 g/mol. The Morgan fingerprint density at radius 2 is 1.87 bits per heavy atom. The van der Waals surface area contributed by atoms with Crippen LogP contribution in [0.1, 0.15) is 11.6 Å². The van der Waals surface area contributed by atoms with Gasteiger partial charge in [0, 0.05) is 17.7 Å². The van der Waals surface area contributed by atoms with Crippen LogP contribution in [0.4, 0.5) is 0 Å². The van der Waals surface area contributed by atoms with E-state index in [1.165, 1.54) is 0 Å². The molecule has 1 aromatic heterocycles. The van der Waals surface area contributed by atoms with Gasteiger partial charge in [0.25, 0.3) is 0 Å². The third kappa shape index (κ3) is 1.05. The van der Waals surface area contributed by atoms with Crippen LogP contribution >= 0.6 is 0 Å². The molecule has 0 bridgehead atoms. The van der Waals surface area contributed by atoms with Gasteiger partial charge in [0.1, 0.15) is 0 Å². The number of nitrogens with zero attached hydrogens (tertiary/aromatic N) is 1. The van der Waals surface area contributed by atoms with E-state index in [1.54, 1.807) is 0 Å². The molecular weight excluding hydrogens is 186 g/mol. The molecule has 0 saturated carbocycles. The first-order valence-corrected chi connectivity index (χ1v) is 4.96. The van der Waals surface area contributed by atoms with E-state index >= 15 is 0 Å². The van der Waals surface area contributed by atoms with Crippen LogP contribution in [-0.2, 0) is 4.79 Å². The summed E-state index contributed by atoms with van der Waals surface area (Å²) in [4.78, 5) is 11.1. The Bertz CT molecular complexity index is 488. The molecule has 0 N–H and O–H groups in total. The lowest BCUT2D eigenvalue weighted by Gasteiger charge is -1.97. The maximum Gasteiger partial charge on any atom is 0.239 e. The third-order valence-electron chi connectivity index (χ3n) is 2.87. The highest BCUT2D eigenvalue weighted by atomic mass is 16.1. The average Bonchev–Trinajstić information content (AvgIpc) is 2.63. The molecule has 72 valence electrons. The fourth-order valence-corrected chi connectivity index (χ4v) is 2.20. The maximum absolute atomic E-state index is 11.1. The number of hydrogen-bond acceptors (Lipinski definition) is 1. The molecule has 1 aliphatic heterocycles. The molecule has 1 unspecified atom stereocenters. The van der Waals surface area contributed by atoms with Crippen molar-refractivity contribution in [2.75, 3.05) is 0 Å². The van der Waals surface area contributed by atoms with Crippen molar-refractivity contribution in [1.29, 1.82) is 0 Å². The molecule has 2 aromatic rings. The summed E-state index contributed by atoms with van der Waals surface area (Å²) in [6.45, 7) is 0. The van der Waals surface area contributed by atoms with Gasteiger partial charge in [0.15, 0.2) is 12.5 Å². The van der Waals surface area contributed by atoms with Gasteiger partial charge in [-0.15, -0.1) is 0 Å². The van der Waals surface area contributed by atoms with E-state index < -0.39 is 0 Å². The van der Waals surface area contributed by atoms with Crippen molar-refractivity contribution in [2.45, 2.75) is 6.04 Å². The van der Waals surface area contributed by atoms with Crippen LogP contribution in [0.25, 0.3) is 11.3 Å². The van der Waals surface area contributed by atoms with Gasteiger partial charge in [0.2, 0.25) is 11.7 Å². The number of aldehydes is 1. The van der Waals surface area contributed by atoms with Gasteiger partial charge in [0.05, 0.1) is 5.56 Å². The van der Waals surface area contributed by atoms with E-state index in [2.05, 4.69) is 6.07 Å². The number of benzene rings is 1. The van der Waals surface area contributed by atoms with E-state index in [1.807, 2.05) is 47.2 Å². The van der Waals surface area contributed by atoms with Crippen molar-refractivity contribution in [1.82, 2.24) is 0 Å². The number of hydrogen-bond donors (Lipinski definition) is 0. The van der Waals surface area contributed by atoms with Crippen LogP contribution in [0.15, 0.2) is 48.7 Å². The van der Waals surface area contributed by atoms with Crippen molar-refractivity contribution in [3.63, 3.8) is 0 Å². The second-order valence-corrected chi connectivity index (χ2v) is 3.66. The molecule has 0 radical (unpaired) electrons. The van der Waals surface area contributed by atoms with Gasteiger partial charge >= 0.3 is 0 Å². The van der Waals surface area contributed by atoms with Gasteiger partial charge in [-0.1, -0.05) is 18.2 Å². The molecular formula is C13H10NO+.